The molecule has 0 aliphatic carbocycles. The first kappa shape index (κ1) is 5.28. The molecule has 0 saturated heterocycles. The van der Waals surface area contributed by atoms with Gasteiger partial charge in [0.25, 0.3) is 0 Å². The van der Waals surface area contributed by atoms with Gasteiger partial charge in [0.05, 0.1) is 5.69 Å². The average molecular weight is 110 g/mol. The van der Waals surface area contributed by atoms with Crippen molar-refractivity contribution in [1.29, 1.82) is 0 Å². The van der Waals surface area contributed by atoms with Crippen LogP contribution in [0.1, 0.15) is 19.0 Å². The first-order valence-corrected chi connectivity index (χ1v) is 2.71. The Labute approximate surface area is 48.1 Å². The van der Waals surface area contributed by atoms with E-state index in [2.05, 4.69) is 28.5 Å². The largest absolute Gasteiger partial charge is 0.262 e. The van der Waals surface area contributed by atoms with Gasteiger partial charge in [-0.05, 0) is 6.42 Å². The molecule has 1 aromatic rings. The fraction of sp³-hybridized carbons (Fsp3) is 0.600. The molecular formula is C5H8N3. The minimum atomic E-state index is 0.993. The van der Waals surface area contributed by atoms with Crippen LogP contribution in [0.5, 0.6) is 0 Å². The monoisotopic (exact) mass is 110 g/mol. The van der Waals surface area contributed by atoms with Gasteiger partial charge in [0.1, 0.15) is 6.20 Å². The molecule has 1 radical (unpaired) electrons. The lowest BCUT2D eigenvalue weighted by Crippen LogP contribution is -1.81. The molecule has 1 rings (SSSR count). The van der Waals surface area contributed by atoms with E-state index < -0.39 is 0 Å². The maximum atomic E-state index is 3.51. The zero-order valence-electron chi connectivity index (χ0n) is 4.81. The number of aromatic nitrogens is 3. The lowest BCUT2D eigenvalue weighted by atomic mass is 10.3. The van der Waals surface area contributed by atoms with Crippen molar-refractivity contribution >= 4 is 0 Å². The summed E-state index contributed by atoms with van der Waals surface area (Å²) in [7, 11) is 0. The standard InChI is InChI=1S/C5H8N3/c1-2-3-5-4-6-8-7-5/h2-3H2,1H3,(H,6,7,8). The molecule has 1 N–H and O–H groups in total. The predicted octanol–water partition coefficient (Wildman–Crippen LogP) is 0.557. The first-order chi connectivity index (χ1) is 3.93. The molecule has 1 aromatic heterocycles. The second-order valence-electron chi connectivity index (χ2n) is 1.65. The second-order valence-corrected chi connectivity index (χ2v) is 1.65. The van der Waals surface area contributed by atoms with E-state index in [1.807, 2.05) is 0 Å². The maximum absolute atomic E-state index is 3.51. The number of rotatable bonds is 2. The van der Waals surface area contributed by atoms with Crippen molar-refractivity contribution in [3.8, 4) is 0 Å². The van der Waals surface area contributed by atoms with Gasteiger partial charge in [0.2, 0.25) is 0 Å². The molecule has 0 spiro atoms. The smallest absolute Gasteiger partial charge is 0.138 e. The van der Waals surface area contributed by atoms with Crippen LogP contribution in [-0.4, -0.2) is 15.4 Å². The van der Waals surface area contributed by atoms with Crippen molar-refractivity contribution in [2.75, 3.05) is 0 Å². The van der Waals surface area contributed by atoms with Gasteiger partial charge < -0.3 is 0 Å². The summed E-state index contributed by atoms with van der Waals surface area (Å²) in [5, 5.41) is 9.74. The Bertz CT molecular complexity index is 133. The molecule has 0 saturated carbocycles. The summed E-state index contributed by atoms with van der Waals surface area (Å²) in [4.78, 5) is 0. The zero-order valence-corrected chi connectivity index (χ0v) is 4.81. The quantitative estimate of drug-likeness (QED) is 0.604. The van der Waals surface area contributed by atoms with Gasteiger partial charge in [-0.15, -0.1) is 5.10 Å². The summed E-state index contributed by atoms with van der Waals surface area (Å²) in [6.45, 7) is 2.11. The molecule has 3 nitrogen and oxygen atoms in total. The fourth-order valence-corrected chi connectivity index (χ4v) is 0.558. The molecule has 8 heavy (non-hydrogen) atoms. The Morgan fingerprint density at radius 1 is 1.75 bits per heavy atom. The molecule has 0 bridgehead atoms. The molecule has 0 aliphatic rings. The minimum absolute atomic E-state index is 0.993. The van der Waals surface area contributed by atoms with Crippen molar-refractivity contribution in [2.24, 2.45) is 0 Å². The molecule has 0 amide bonds. The lowest BCUT2D eigenvalue weighted by molar-refractivity contribution is 0.853. The molecule has 0 fully saturated rings. The number of aromatic amines is 1. The molecule has 0 unspecified atom stereocenters. The third-order valence-electron chi connectivity index (χ3n) is 0.920. The van der Waals surface area contributed by atoms with E-state index in [-0.39, 0.29) is 0 Å². The Morgan fingerprint density at radius 3 is 3.12 bits per heavy atom. The molecule has 1 heterocycles. The number of hydrogen-bond acceptors (Lipinski definition) is 2. The van der Waals surface area contributed by atoms with Crippen molar-refractivity contribution in [3.05, 3.63) is 11.9 Å². The van der Waals surface area contributed by atoms with Crippen LogP contribution in [0.2, 0.25) is 0 Å². The highest BCUT2D eigenvalue weighted by molar-refractivity contribution is 4.86. The van der Waals surface area contributed by atoms with Crippen LogP contribution in [0, 0.1) is 6.20 Å². The van der Waals surface area contributed by atoms with Gasteiger partial charge >= 0.3 is 0 Å². The van der Waals surface area contributed by atoms with Gasteiger partial charge in [-0.2, -0.15) is 0 Å². The average Bonchev–Trinajstić information content (AvgIpc) is 2.19. The molecule has 0 aromatic carbocycles. The Kier molecular flexibility index (Phi) is 1.62. The molecule has 43 valence electrons. The Hall–Kier alpha value is -0.860. The van der Waals surface area contributed by atoms with Crippen LogP contribution >= 0.6 is 0 Å². The van der Waals surface area contributed by atoms with E-state index in [1.54, 1.807) is 0 Å². The summed E-state index contributed by atoms with van der Waals surface area (Å²) >= 11 is 0. The molecule has 0 aliphatic heterocycles. The summed E-state index contributed by atoms with van der Waals surface area (Å²) in [6.07, 6.45) is 4.83. The SMILES string of the molecule is CCCc1[c]nn[nH]1. The summed E-state index contributed by atoms with van der Waals surface area (Å²) in [5.41, 5.74) is 0.993. The number of aryl methyl sites for hydroxylation is 1. The van der Waals surface area contributed by atoms with Crippen molar-refractivity contribution in [2.45, 2.75) is 19.8 Å². The van der Waals surface area contributed by atoms with Crippen molar-refractivity contribution in [1.82, 2.24) is 15.4 Å². The van der Waals surface area contributed by atoms with Crippen molar-refractivity contribution in [3.63, 3.8) is 0 Å². The van der Waals surface area contributed by atoms with Gasteiger partial charge in [-0.3, -0.25) is 5.10 Å². The van der Waals surface area contributed by atoms with E-state index >= 15 is 0 Å². The number of nitrogens with one attached hydrogen (secondary N) is 1. The van der Waals surface area contributed by atoms with E-state index in [9.17, 15) is 0 Å². The Balaban J connectivity index is 2.50. The van der Waals surface area contributed by atoms with E-state index in [1.165, 1.54) is 0 Å². The fourth-order valence-electron chi connectivity index (χ4n) is 0.558. The summed E-state index contributed by atoms with van der Waals surface area (Å²) in [5.74, 6) is 0. The lowest BCUT2D eigenvalue weighted by Gasteiger charge is -1.83. The first-order valence-electron chi connectivity index (χ1n) is 2.71. The number of nitrogens with zero attached hydrogens (tertiary/aromatic N) is 2. The topological polar surface area (TPSA) is 41.6 Å². The van der Waals surface area contributed by atoms with E-state index in [4.69, 9.17) is 0 Å². The van der Waals surface area contributed by atoms with Crippen LogP contribution in [0.15, 0.2) is 0 Å². The van der Waals surface area contributed by atoms with Gasteiger partial charge in [0, 0.05) is 0 Å². The molecule has 0 atom stereocenters. The zero-order chi connectivity index (χ0) is 5.82. The van der Waals surface area contributed by atoms with Crippen LogP contribution < -0.4 is 0 Å². The highest BCUT2D eigenvalue weighted by atomic mass is 15.3. The Morgan fingerprint density at radius 2 is 2.62 bits per heavy atom. The van der Waals surface area contributed by atoms with Gasteiger partial charge in [0.15, 0.2) is 0 Å². The minimum Gasteiger partial charge on any atom is -0.262 e. The second kappa shape index (κ2) is 2.45. The maximum Gasteiger partial charge on any atom is 0.138 e. The van der Waals surface area contributed by atoms with Crippen LogP contribution in [0.4, 0.5) is 0 Å². The van der Waals surface area contributed by atoms with Gasteiger partial charge in [-0.25, -0.2) is 0 Å². The van der Waals surface area contributed by atoms with E-state index in [0.717, 1.165) is 18.5 Å². The van der Waals surface area contributed by atoms with Crippen LogP contribution in [-0.2, 0) is 6.42 Å². The summed E-state index contributed by atoms with van der Waals surface area (Å²) < 4.78 is 0. The highest BCUT2D eigenvalue weighted by Gasteiger charge is 1.89. The third kappa shape index (κ3) is 1.05. The molecule has 3 heteroatoms. The third-order valence-corrected chi connectivity index (χ3v) is 0.920. The normalized spacial score (nSPS) is 9.62. The van der Waals surface area contributed by atoms with Gasteiger partial charge in [-0.1, -0.05) is 18.6 Å². The van der Waals surface area contributed by atoms with Crippen molar-refractivity contribution < 1.29 is 0 Å². The molecular weight excluding hydrogens is 102 g/mol. The van der Waals surface area contributed by atoms with Crippen LogP contribution in [0.3, 0.4) is 0 Å². The number of H-pyrrole nitrogens is 1. The van der Waals surface area contributed by atoms with E-state index in [0.29, 0.717) is 0 Å². The predicted molar refractivity (Wildman–Crippen MR) is 29.2 cm³/mol. The van der Waals surface area contributed by atoms with Crippen LogP contribution in [0.25, 0.3) is 0 Å². The summed E-state index contributed by atoms with van der Waals surface area (Å²) in [6, 6.07) is 0. The number of hydrogen-bond donors (Lipinski definition) is 1. The highest BCUT2D eigenvalue weighted by Crippen LogP contribution is 1.91.